The second-order valence-electron chi connectivity index (χ2n) is 6.17. The number of aromatic nitrogens is 1. The number of oxazole rings is 1. The first-order chi connectivity index (χ1) is 11.7. The molecule has 1 atom stereocenters. The highest BCUT2D eigenvalue weighted by molar-refractivity contribution is 5.83. The number of fused-ring (bicyclic) bond motifs is 2. The van der Waals surface area contributed by atoms with Gasteiger partial charge in [0.1, 0.15) is 6.29 Å². The lowest BCUT2D eigenvalue weighted by molar-refractivity contribution is 0.112. The monoisotopic (exact) mass is 322 g/mol. The number of rotatable bonds is 3. The largest absolute Gasteiger partial charge is 0.420 e. The zero-order chi connectivity index (χ0) is 16.7. The average Bonchev–Trinajstić information content (AvgIpc) is 2.95. The summed E-state index contributed by atoms with van der Waals surface area (Å²) in [5.74, 6) is -0.401. The van der Waals surface area contributed by atoms with Gasteiger partial charge < -0.3 is 9.73 Å². The Balaban J connectivity index is 1.88. The van der Waals surface area contributed by atoms with Gasteiger partial charge in [0, 0.05) is 12.1 Å². The van der Waals surface area contributed by atoms with Crippen LogP contribution >= 0.6 is 0 Å². The van der Waals surface area contributed by atoms with Crippen LogP contribution < -0.4 is 11.1 Å². The fourth-order valence-electron chi connectivity index (χ4n) is 3.56. The minimum absolute atomic E-state index is 0.143. The minimum Gasteiger partial charge on any atom is -0.408 e. The summed E-state index contributed by atoms with van der Waals surface area (Å²) in [5.41, 5.74) is 5.38. The summed E-state index contributed by atoms with van der Waals surface area (Å²) in [6, 6.07) is 11.2. The fraction of sp³-hybridized carbons (Fsp3) is 0.263. The summed E-state index contributed by atoms with van der Waals surface area (Å²) in [6.45, 7) is 3.80. The molecule has 0 saturated carbocycles. The van der Waals surface area contributed by atoms with Gasteiger partial charge in [0.2, 0.25) is 0 Å². The maximum absolute atomic E-state index is 12.4. The van der Waals surface area contributed by atoms with Gasteiger partial charge in [-0.05, 0) is 54.8 Å². The first-order valence-corrected chi connectivity index (χ1v) is 8.10. The molecule has 0 spiro atoms. The highest BCUT2D eigenvalue weighted by Crippen LogP contribution is 2.28. The van der Waals surface area contributed by atoms with Crippen molar-refractivity contribution in [2.45, 2.75) is 25.9 Å². The summed E-state index contributed by atoms with van der Waals surface area (Å²) in [7, 11) is 0. The summed E-state index contributed by atoms with van der Waals surface area (Å²) < 4.78 is 7.02. The summed E-state index contributed by atoms with van der Waals surface area (Å²) >= 11 is 0. The minimum atomic E-state index is -0.401. The van der Waals surface area contributed by atoms with E-state index in [0.717, 1.165) is 31.4 Å². The summed E-state index contributed by atoms with van der Waals surface area (Å²) in [6.07, 6.45) is 1.75. The van der Waals surface area contributed by atoms with Gasteiger partial charge >= 0.3 is 5.76 Å². The van der Waals surface area contributed by atoms with Crippen molar-refractivity contribution in [2.24, 2.45) is 0 Å². The van der Waals surface area contributed by atoms with E-state index in [-0.39, 0.29) is 6.04 Å². The van der Waals surface area contributed by atoms with Gasteiger partial charge in [-0.2, -0.15) is 0 Å². The number of nitrogens with one attached hydrogen (secondary N) is 1. The van der Waals surface area contributed by atoms with Crippen molar-refractivity contribution in [1.82, 2.24) is 9.88 Å². The molecule has 0 fully saturated rings. The zero-order valence-electron chi connectivity index (χ0n) is 13.4. The Morgan fingerprint density at radius 1 is 1.29 bits per heavy atom. The SMILES string of the molecule is CC(c1cccc2c1CNCC2)n1c(=O)oc2cc(C=O)ccc21. The normalized spacial score (nSPS) is 15.2. The van der Waals surface area contributed by atoms with Gasteiger partial charge in [-0.1, -0.05) is 18.2 Å². The van der Waals surface area contributed by atoms with Crippen molar-refractivity contribution in [3.05, 3.63) is 69.2 Å². The van der Waals surface area contributed by atoms with Crippen molar-refractivity contribution >= 4 is 17.4 Å². The lowest BCUT2D eigenvalue weighted by atomic mass is 9.92. The van der Waals surface area contributed by atoms with Crippen LogP contribution in [0.5, 0.6) is 0 Å². The molecule has 0 aliphatic carbocycles. The second-order valence-corrected chi connectivity index (χ2v) is 6.17. The van der Waals surface area contributed by atoms with Crippen molar-refractivity contribution in [2.75, 3.05) is 6.54 Å². The van der Waals surface area contributed by atoms with E-state index in [4.69, 9.17) is 4.42 Å². The first-order valence-electron chi connectivity index (χ1n) is 8.10. The van der Waals surface area contributed by atoms with E-state index in [9.17, 15) is 9.59 Å². The molecule has 1 aromatic heterocycles. The van der Waals surface area contributed by atoms with Crippen LogP contribution in [0.15, 0.2) is 45.6 Å². The lowest BCUT2D eigenvalue weighted by Gasteiger charge is -2.24. The molecule has 24 heavy (non-hydrogen) atoms. The van der Waals surface area contributed by atoms with Gasteiger partial charge in [0.25, 0.3) is 0 Å². The Morgan fingerprint density at radius 2 is 2.17 bits per heavy atom. The third-order valence-corrected chi connectivity index (χ3v) is 4.79. The molecular formula is C19H18N2O3. The predicted molar refractivity (Wildman–Crippen MR) is 91.5 cm³/mol. The van der Waals surface area contributed by atoms with Crippen LogP contribution in [0.4, 0.5) is 0 Å². The summed E-state index contributed by atoms with van der Waals surface area (Å²) in [4.78, 5) is 23.3. The molecule has 5 heteroatoms. The highest BCUT2D eigenvalue weighted by Gasteiger charge is 2.21. The molecular weight excluding hydrogens is 304 g/mol. The Labute approximate surface area is 138 Å². The van der Waals surface area contributed by atoms with E-state index in [0.29, 0.717) is 16.7 Å². The smallest absolute Gasteiger partial charge is 0.408 e. The molecule has 1 aliphatic heterocycles. The fourth-order valence-corrected chi connectivity index (χ4v) is 3.56. The van der Waals surface area contributed by atoms with Crippen molar-refractivity contribution in [1.29, 1.82) is 0 Å². The lowest BCUT2D eigenvalue weighted by Crippen LogP contribution is -2.27. The third-order valence-electron chi connectivity index (χ3n) is 4.79. The van der Waals surface area contributed by atoms with Crippen molar-refractivity contribution in [3.8, 4) is 0 Å². The Hall–Kier alpha value is -2.66. The first kappa shape index (κ1) is 14.9. The Bertz CT molecular complexity index is 984. The third kappa shape index (κ3) is 2.29. The van der Waals surface area contributed by atoms with Crippen LogP contribution in [0.3, 0.4) is 0 Å². The van der Waals surface area contributed by atoms with E-state index < -0.39 is 5.76 Å². The van der Waals surface area contributed by atoms with E-state index in [1.165, 1.54) is 11.1 Å². The molecule has 0 saturated heterocycles. The topological polar surface area (TPSA) is 64.2 Å². The number of carbonyl (C=O) groups excluding carboxylic acids is 1. The quantitative estimate of drug-likeness (QED) is 0.753. The van der Waals surface area contributed by atoms with Gasteiger partial charge in [0.05, 0.1) is 11.6 Å². The predicted octanol–water partition coefficient (Wildman–Crippen LogP) is 2.66. The van der Waals surface area contributed by atoms with Crippen LogP contribution in [0.25, 0.3) is 11.1 Å². The molecule has 3 aromatic rings. The van der Waals surface area contributed by atoms with E-state index in [1.54, 1.807) is 22.8 Å². The number of aldehydes is 1. The van der Waals surface area contributed by atoms with Crippen LogP contribution in [-0.2, 0) is 13.0 Å². The van der Waals surface area contributed by atoms with Gasteiger partial charge in [-0.25, -0.2) is 4.79 Å². The second kappa shape index (κ2) is 5.76. The maximum Gasteiger partial charge on any atom is 0.420 e. The van der Waals surface area contributed by atoms with Gasteiger partial charge in [-0.15, -0.1) is 0 Å². The summed E-state index contributed by atoms with van der Waals surface area (Å²) in [5, 5.41) is 3.40. The molecule has 1 N–H and O–H groups in total. The van der Waals surface area contributed by atoms with Crippen LogP contribution in [0.2, 0.25) is 0 Å². The van der Waals surface area contributed by atoms with Crippen LogP contribution in [0.1, 0.15) is 40.0 Å². The average molecular weight is 322 g/mol. The molecule has 2 heterocycles. The number of carbonyl (C=O) groups is 1. The Morgan fingerprint density at radius 3 is 3.00 bits per heavy atom. The standard InChI is InChI=1S/C19H18N2O3/c1-12(15-4-2-3-14-7-8-20-10-16(14)15)21-17-6-5-13(11-22)9-18(17)24-19(21)23/h2-6,9,11-12,20H,7-8,10H2,1H3. The maximum atomic E-state index is 12.4. The molecule has 122 valence electrons. The molecule has 2 aromatic carbocycles. The number of hydrogen-bond acceptors (Lipinski definition) is 4. The Kier molecular flexibility index (Phi) is 3.58. The molecule has 0 amide bonds. The van der Waals surface area contributed by atoms with Crippen molar-refractivity contribution in [3.63, 3.8) is 0 Å². The van der Waals surface area contributed by atoms with Gasteiger partial charge in [-0.3, -0.25) is 9.36 Å². The van der Waals surface area contributed by atoms with Crippen LogP contribution in [0, 0.1) is 0 Å². The van der Waals surface area contributed by atoms with Crippen molar-refractivity contribution < 1.29 is 9.21 Å². The molecule has 0 radical (unpaired) electrons. The highest BCUT2D eigenvalue weighted by atomic mass is 16.4. The molecule has 5 nitrogen and oxygen atoms in total. The van der Waals surface area contributed by atoms with Gasteiger partial charge in [0.15, 0.2) is 5.58 Å². The van der Waals surface area contributed by atoms with Crippen LogP contribution in [-0.4, -0.2) is 17.4 Å². The zero-order valence-corrected chi connectivity index (χ0v) is 13.4. The van der Waals surface area contributed by atoms with E-state index in [1.807, 2.05) is 13.0 Å². The number of benzene rings is 2. The number of nitrogens with zero attached hydrogens (tertiary/aromatic N) is 1. The molecule has 0 bridgehead atoms. The molecule has 4 rings (SSSR count). The molecule has 1 unspecified atom stereocenters. The van der Waals surface area contributed by atoms with E-state index >= 15 is 0 Å². The van der Waals surface area contributed by atoms with E-state index in [2.05, 4.69) is 17.4 Å². The number of hydrogen-bond donors (Lipinski definition) is 1. The molecule has 1 aliphatic rings.